The van der Waals surface area contributed by atoms with Gasteiger partial charge in [0, 0.05) is 11.3 Å². The Morgan fingerprint density at radius 2 is 1.78 bits per heavy atom. The zero-order chi connectivity index (χ0) is 26.2. The second kappa shape index (κ2) is 9.47. The van der Waals surface area contributed by atoms with Crippen LogP contribution >= 0.6 is 11.6 Å². The molecule has 0 spiro atoms. The number of imide groups is 1. The summed E-state index contributed by atoms with van der Waals surface area (Å²) in [5.41, 5.74) is 1.50. The summed E-state index contributed by atoms with van der Waals surface area (Å²) in [6.45, 7) is 3.35. The molecule has 2 amide bonds. The van der Waals surface area contributed by atoms with Crippen LogP contribution in [0.15, 0.2) is 68.7 Å². The highest BCUT2D eigenvalue weighted by molar-refractivity contribution is 7.92. The Labute approximate surface area is 210 Å². The van der Waals surface area contributed by atoms with Crippen molar-refractivity contribution in [2.24, 2.45) is 0 Å². The second-order valence-corrected chi connectivity index (χ2v) is 9.71. The molecule has 2 N–H and O–H groups in total. The normalized spacial score (nSPS) is 13.8. The zero-order valence-corrected chi connectivity index (χ0v) is 20.7. The van der Waals surface area contributed by atoms with Gasteiger partial charge in [-0.2, -0.15) is 0 Å². The minimum absolute atomic E-state index is 0.0121. The molecule has 0 bridgehead atoms. The number of ether oxygens (including phenoxy) is 1. The number of carbonyl (C=O) groups excluding carboxylic acids is 3. The Hall–Kier alpha value is -4.16. The summed E-state index contributed by atoms with van der Waals surface area (Å²) < 4.78 is 37.4. The molecule has 0 saturated heterocycles. The summed E-state index contributed by atoms with van der Waals surface area (Å²) in [7, 11) is -2.76. The van der Waals surface area contributed by atoms with Crippen molar-refractivity contribution >= 4 is 56.7 Å². The average molecular weight is 531 g/mol. The number of carbonyl (C=O) groups is 3. The van der Waals surface area contributed by atoms with Gasteiger partial charge in [0.15, 0.2) is 0 Å². The van der Waals surface area contributed by atoms with Gasteiger partial charge in [0.2, 0.25) is 5.88 Å². The van der Waals surface area contributed by atoms with E-state index in [2.05, 4.69) is 19.9 Å². The Balaban J connectivity index is 1.53. The van der Waals surface area contributed by atoms with Crippen LogP contribution < -0.4 is 14.9 Å². The minimum Gasteiger partial charge on any atom is -0.465 e. The van der Waals surface area contributed by atoms with E-state index in [1.54, 1.807) is 13.8 Å². The average Bonchev–Trinajstić information content (AvgIpc) is 3.28. The highest BCUT2D eigenvalue weighted by atomic mass is 35.5. The molecule has 11 nitrogen and oxygen atoms in total. The fourth-order valence-corrected chi connectivity index (χ4v) is 4.55. The van der Waals surface area contributed by atoms with Crippen LogP contribution in [0.5, 0.6) is 0 Å². The number of sulfonamides is 1. The fourth-order valence-electron chi connectivity index (χ4n) is 3.29. The molecule has 13 heteroatoms. The lowest BCUT2D eigenvalue weighted by molar-refractivity contribution is -0.120. The standard InChI is InChI=1S/C23H19ClN4O7S/c1-12-13(2)26-35-20(12)27-36(32,33)17-9-7-15(8-10-17)25-19-18(24)21(29)28(22(19)30)16-6-4-5-14(11-16)23(31)34-3/h4-11,25,27H,1-3H3. The predicted molar refractivity (Wildman–Crippen MR) is 130 cm³/mol. The zero-order valence-electron chi connectivity index (χ0n) is 19.2. The number of anilines is 3. The maximum Gasteiger partial charge on any atom is 0.337 e. The number of aryl methyl sites for hydroxylation is 1. The van der Waals surface area contributed by atoms with E-state index in [-0.39, 0.29) is 32.8 Å². The number of rotatable bonds is 7. The lowest BCUT2D eigenvalue weighted by atomic mass is 10.2. The maximum atomic E-state index is 13.0. The van der Waals surface area contributed by atoms with Crippen molar-refractivity contribution in [1.82, 2.24) is 5.16 Å². The summed E-state index contributed by atoms with van der Waals surface area (Å²) in [5, 5.41) is 6.11. The first kappa shape index (κ1) is 24.9. The van der Waals surface area contributed by atoms with E-state index in [0.29, 0.717) is 16.9 Å². The summed E-state index contributed by atoms with van der Waals surface area (Å²) in [5.74, 6) is -2.15. The number of nitrogens with zero attached hydrogens (tertiary/aromatic N) is 2. The molecule has 2 heterocycles. The van der Waals surface area contributed by atoms with Gasteiger partial charge in [0.1, 0.15) is 10.7 Å². The van der Waals surface area contributed by atoms with E-state index in [9.17, 15) is 22.8 Å². The van der Waals surface area contributed by atoms with Crippen LogP contribution in [0.3, 0.4) is 0 Å². The van der Waals surface area contributed by atoms with E-state index in [1.807, 2.05) is 0 Å². The Morgan fingerprint density at radius 3 is 2.39 bits per heavy atom. The lowest BCUT2D eigenvalue weighted by Gasteiger charge is -2.16. The van der Waals surface area contributed by atoms with Crippen LogP contribution in [0.1, 0.15) is 21.6 Å². The van der Waals surface area contributed by atoms with E-state index in [4.69, 9.17) is 16.1 Å². The van der Waals surface area contributed by atoms with Crippen LogP contribution in [0.2, 0.25) is 0 Å². The molecule has 4 rings (SSSR count). The number of hydrogen-bond acceptors (Lipinski definition) is 9. The van der Waals surface area contributed by atoms with Crippen molar-refractivity contribution in [3.8, 4) is 0 Å². The van der Waals surface area contributed by atoms with Crippen molar-refractivity contribution in [3.63, 3.8) is 0 Å². The fraction of sp³-hybridized carbons (Fsp3) is 0.130. The van der Waals surface area contributed by atoms with Gasteiger partial charge < -0.3 is 14.6 Å². The third kappa shape index (κ3) is 4.55. The molecular weight excluding hydrogens is 512 g/mol. The monoisotopic (exact) mass is 530 g/mol. The smallest absolute Gasteiger partial charge is 0.337 e. The van der Waals surface area contributed by atoms with Gasteiger partial charge in [-0.1, -0.05) is 22.8 Å². The lowest BCUT2D eigenvalue weighted by Crippen LogP contribution is -2.32. The summed E-state index contributed by atoms with van der Waals surface area (Å²) in [4.78, 5) is 38.3. The van der Waals surface area contributed by atoms with Gasteiger partial charge in [-0.05, 0) is 56.3 Å². The molecule has 0 radical (unpaired) electrons. The molecule has 0 unspecified atom stereocenters. The van der Waals surface area contributed by atoms with Crippen LogP contribution in [0, 0.1) is 13.8 Å². The first-order valence-corrected chi connectivity index (χ1v) is 12.2. The van der Waals surface area contributed by atoms with Crippen LogP contribution in [0.25, 0.3) is 0 Å². The molecular formula is C23H19ClN4O7S. The SMILES string of the molecule is COC(=O)c1cccc(N2C(=O)C(Cl)=C(Nc3ccc(S(=O)(=O)Nc4onc(C)c4C)cc3)C2=O)c1. The number of aromatic nitrogens is 1. The van der Waals surface area contributed by atoms with Crippen molar-refractivity contribution in [2.45, 2.75) is 18.7 Å². The molecule has 0 saturated carbocycles. The number of benzene rings is 2. The van der Waals surface area contributed by atoms with Crippen molar-refractivity contribution in [1.29, 1.82) is 0 Å². The molecule has 36 heavy (non-hydrogen) atoms. The highest BCUT2D eigenvalue weighted by Crippen LogP contribution is 2.31. The molecule has 1 aromatic heterocycles. The predicted octanol–water partition coefficient (Wildman–Crippen LogP) is 3.31. The van der Waals surface area contributed by atoms with Crippen molar-refractivity contribution in [2.75, 3.05) is 22.0 Å². The molecule has 1 aliphatic rings. The van der Waals surface area contributed by atoms with Crippen LogP contribution in [0.4, 0.5) is 17.3 Å². The van der Waals surface area contributed by atoms with E-state index >= 15 is 0 Å². The summed E-state index contributed by atoms with van der Waals surface area (Å²) in [6.07, 6.45) is 0. The van der Waals surface area contributed by atoms with Gasteiger partial charge in [0.05, 0.1) is 29.0 Å². The Kier molecular flexibility index (Phi) is 6.57. The van der Waals surface area contributed by atoms with Crippen LogP contribution in [-0.2, 0) is 24.3 Å². The second-order valence-electron chi connectivity index (χ2n) is 7.65. The van der Waals surface area contributed by atoms with E-state index in [0.717, 1.165) is 4.90 Å². The number of methoxy groups -OCH3 is 1. The molecule has 0 aliphatic carbocycles. The highest BCUT2D eigenvalue weighted by Gasteiger charge is 2.39. The third-order valence-corrected chi connectivity index (χ3v) is 7.07. The number of halogens is 1. The van der Waals surface area contributed by atoms with Gasteiger partial charge in [-0.3, -0.25) is 9.59 Å². The molecule has 0 fully saturated rings. The number of hydrogen-bond donors (Lipinski definition) is 2. The first-order valence-electron chi connectivity index (χ1n) is 10.3. The van der Waals surface area contributed by atoms with Gasteiger partial charge in [-0.15, -0.1) is 0 Å². The maximum absolute atomic E-state index is 13.0. The van der Waals surface area contributed by atoms with Gasteiger partial charge in [-0.25, -0.2) is 22.8 Å². The van der Waals surface area contributed by atoms with E-state index < -0.39 is 27.8 Å². The molecule has 1 aliphatic heterocycles. The third-order valence-electron chi connectivity index (χ3n) is 5.37. The topological polar surface area (TPSA) is 148 Å². The molecule has 2 aromatic carbocycles. The number of nitrogens with one attached hydrogen (secondary N) is 2. The molecule has 3 aromatic rings. The molecule has 0 atom stereocenters. The van der Waals surface area contributed by atoms with Crippen molar-refractivity contribution in [3.05, 3.63) is 76.1 Å². The largest absolute Gasteiger partial charge is 0.465 e. The minimum atomic E-state index is -3.97. The number of amides is 2. The first-order chi connectivity index (χ1) is 17.0. The molecule has 186 valence electrons. The quantitative estimate of drug-likeness (QED) is 0.346. The Bertz CT molecular complexity index is 1530. The number of esters is 1. The Morgan fingerprint density at radius 1 is 1.08 bits per heavy atom. The van der Waals surface area contributed by atoms with Crippen molar-refractivity contribution < 1.29 is 32.1 Å². The van der Waals surface area contributed by atoms with Gasteiger partial charge in [0.25, 0.3) is 21.8 Å². The van der Waals surface area contributed by atoms with E-state index in [1.165, 1.54) is 55.6 Å². The summed E-state index contributed by atoms with van der Waals surface area (Å²) in [6, 6.07) is 11.2. The van der Waals surface area contributed by atoms with Gasteiger partial charge >= 0.3 is 5.97 Å². The summed E-state index contributed by atoms with van der Waals surface area (Å²) >= 11 is 6.15. The van der Waals surface area contributed by atoms with Crippen LogP contribution in [-0.4, -0.2) is 38.5 Å².